The molecule has 4 nitrogen and oxygen atoms in total. The molecule has 0 unspecified atom stereocenters. The summed E-state index contributed by atoms with van der Waals surface area (Å²) < 4.78 is 6.97. The maximum absolute atomic E-state index is 13.0. The van der Waals surface area contributed by atoms with Crippen molar-refractivity contribution in [3.63, 3.8) is 0 Å². The summed E-state index contributed by atoms with van der Waals surface area (Å²) in [5.41, 5.74) is 2.08. The predicted octanol–water partition coefficient (Wildman–Crippen LogP) is 7.27. The van der Waals surface area contributed by atoms with E-state index in [0.29, 0.717) is 11.5 Å². The van der Waals surface area contributed by atoms with Gasteiger partial charge in [0.1, 0.15) is 12.4 Å². The van der Waals surface area contributed by atoms with E-state index in [1.807, 2.05) is 64.1 Å². The topological polar surface area (TPSA) is 41.9 Å². The highest BCUT2D eigenvalue weighted by Crippen LogP contribution is 2.35. The molecule has 1 aliphatic heterocycles. The zero-order valence-corrected chi connectivity index (χ0v) is 21.6. The monoisotopic (exact) mass is 522 g/mol. The highest BCUT2D eigenvalue weighted by atomic mass is 79.9. The van der Waals surface area contributed by atoms with Gasteiger partial charge in [0, 0.05) is 12.1 Å². The van der Waals surface area contributed by atoms with E-state index < -0.39 is 0 Å². The first-order chi connectivity index (χ1) is 15.8. The van der Waals surface area contributed by atoms with Gasteiger partial charge in [-0.2, -0.15) is 0 Å². The van der Waals surface area contributed by atoms with Crippen LogP contribution in [0.3, 0.4) is 0 Å². The van der Waals surface area contributed by atoms with E-state index in [0.717, 1.165) is 26.5 Å². The van der Waals surface area contributed by atoms with E-state index in [1.165, 1.54) is 22.5 Å². The summed E-state index contributed by atoms with van der Waals surface area (Å²) in [6, 6.07) is 20.7. The Hall–Kier alpha value is -2.57. The molecule has 1 fully saturated rings. The number of fused-ring (bicyclic) bond motifs is 1. The van der Waals surface area contributed by atoms with E-state index in [4.69, 9.17) is 4.74 Å². The van der Waals surface area contributed by atoms with Crippen molar-refractivity contribution >= 4 is 55.6 Å². The average Bonchev–Trinajstić information content (AvgIpc) is 3.07. The van der Waals surface area contributed by atoms with Crippen molar-refractivity contribution < 1.29 is 9.53 Å². The number of nitrogens with zero attached hydrogens (tertiary/aromatic N) is 2. The van der Waals surface area contributed by atoms with Crippen molar-refractivity contribution in [3.05, 3.63) is 81.2 Å². The number of amidine groups is 1. The number of aliphatic imine (C=N–C) groups is 1. The number of hydrogen-bond donors (Lipinski definition) is 0. The van der Waals surface area contributed by atoms with E-state index in [-0.39, 0.29) is 18.0 Å². The Labute approximate surface area is 207 Å². The second kappa shape index (κ2) is 10.1. The third-order valence-corrected chi connectivity index (χ3v) is 6.86. The molecule has 1 aliphatic rings. The van der Waals surface area contributed by atoms with Gasteiger partial charge in [-0.15, -0.1) is 0 Å². The van der Waals surface area contributed by atoms with Gasteiger partial charge in [0.05, 0.1) is 9.38 Å². The number of carbonyl (C=O) groups excluding carboxylic acids is 1. The average molecular weight is 523 g/mol. The standard InChI is InChI=1S/C27H27BrN2O2S/c1-17(2)29-27-30(18(3)4)26(31)25(33-27)15-19-12-13-24(23(28)14-19)32-16-21-10-7-9-20-8-5-6-11-22(20)21/h5-15,17-18H,16H2,1-4H3/b25-15+,29-27?. The zero-order chi connectivity index (χ0) is 23.5. The quantitative estimate of drug-likeness (QED) is 0.319. The van der Waals surface area contributed by atoms with Crippen molar-refractivity contribution in [2.24, 2.45) is 4.99 Å². The summed E-state index contributed by atoms with van der Waals surface area (Å²) in [7, 11) is 0. The molecule has 0 N–H and O–H groups in total. The lowest BCUT2D eigenvalue weighted by atomic mass is 10.1. The smallest absolute Gasteiger partial charge is 0.266 e. The molecule has 1 heterocycles. The normalized spacial score (nSPS) is 16.7. The van der Waals surface area contributed by atoms with Crippen molar-refractivity contribution in [1.29, 1.82) is 0 Å². The first-order valence-electron chi connectivity index (χ1n) is 11.0. The molecule has 1 amide bonds. The minimum atomic E-state index is 0.00167. The third-order valence-electron chi connectivity index (χ3n) is 5.24. The van der Waals surface area contributed by atoms with Crippen LogP contribution in [0.15, 0.2) is 75.0 Å². The Balaban J connectivity index is 1.53. The van der Waals surface area contributed by atoms with Gasteiger partial charge < -0.3 is 4.74 Å². The largest absolute Gasteiger partial charge is 0.488 e. The van der Waals surface area contributed by atoms with Crippen LogP contribution in [0.1, 0.15) is 38.8 Å². The molecule has 0 spiro atoms. The number of hydrogen-bond acceptors (Lipinski definition) is 4. The molecule has 0 aliphatic carbocycles. The Morgan fingerprint density at radius 1 is 1.06 bits per heavy atom. The van der Waals surface area contributed by atoms with Crippen molar-refractivity contribution in [3.8, 4) is 5.75 Å². The third kappa shape index (κ3) is 5.33. The number of benzene rings is 3. The van der Waals surface area contributed by atoms with Gasteiger partial charge in [0.15, 0.2) is 5.17 Å². The highest BCUT2D eigenvalue weighted by molar-refractivity contribution is 9.10. The molecule has 170 valence electrons. The van der Waals surface area contributed by atoms with Crippen molar-refractivity contribution in [2.75, 3.05) is 0 Å². The molecule has 3 aromatic carbocycles. The summed E-state index contributed by atoms with van der Waals surface area (Å²) in [6.45, 7) is 8.54. The number of thioether (sulfide) groups is 1. The molecule has 6 heteroatoms. The van der Waals surface area contributed by atoms with Gasteiger partial charge in [-0.05, 0) is 95.5 Å². The molecule has 0 atom stereocenters. The fraction of sp³-hybridized carbons (Fsp3) is 0.259. The SMILES string of the molecule is CC(C)N=C1S/C(=C/c2ccc(OCc3cccc4ccccc34)c(Br)c2)C(=O)N1C(C)C. The van der Waals surface area contributed by atoms with Crippen LogP contribution in [0.5, 0.6) is 5.75 Å². The van der Waals surface area contributed by atoms with Crippen LogP contribution in [0.25, 0.3) is 16.8 Å². The molecule has 0 saturated carbocycles. The fourth-order valence-electron chi connectivity index (χ4n) is 3.70. The summed E-state index contributed by atoms with van der Waals surface area (Å²) in [5.74, 6) is 0.767. The van der Waals surface area contributed by atoms with Gasteiger partial charge in [0.2, 0.25) is 0 Å². The highest BCUT2D eigenvalue weighted by Gasteiger charge is 2.35. The molecule has 0 aromatic heterocycles. The maximum Gasteiger partial charge on any atom is 0.266 e. The molecule has 33 heavy (non-hydrogen) atoms. The lowest BCUT2D eigenvalue weighted by molar-refractivity contribution is -0.123. The van der Waals surface area contributed by atoms with Crippen molar-refractivity contribution in [2.45, 2.75) is 46.4 Å². The molecule has 3 aromatic rings. The predicted molar refractivity (Wildman–Crippen MR) is 143 cm³/mol. The Morgan fingerprint density at radius 2 is 1.82 bits per heavy atom. The summed E-state index contributed by atoms with van der Waals surface area (Å²) in [5, 5.41) is 3.17. The summed E-state index contributed by atoms with van der Waals surface area (Å²) in [6.07, 6.45) is 1.92. The minimum absolute atomic E-state index is 0.00167. The lowest BCUT2D eigenvalue weighted by Crippen LogP contribution is -2.35. The van der Waals surface area contributed by atoms with Gasteiger partial charge in [-0.1, -0.05) is 48.5 Å². The molecule has 4 rings (SSSR count). The van der Waals surface area contributed by atoms with Crippen LogP contribution in [0.2, 0.25) is 0 Å². The van der Waals surface area contributed by atoms with Crippen LogP contribution in [0, 0.1) is 0 Å². The number of ether oxygens (including phenoxy) is 1. The molecule has 0 bridgehead atoms. The Bertz CT molecular complexity index is 1240. The molecular formula is C27H27BrN2O2S. The molecule has 1 saturated heterocycles. The lowest BCUT2D eigenvalue weighted by Gasteiger charge is -2.20. The van der Waals surface area contributed by atoms with Gasteiger partial charge in [-0.3, -0.25) is 14.7 Å². The second-order valence-electron chi connectivity index (χ2n) is 8.50. The number of halogens is 1. The van der Waals surface area contributed by atoms with E-state index in [2.05, 4.69) is 51.3 Å². The van der Waals surface area contributed by atoms with Crippen LogP contribution < -0.4 is 4.74 Å². The fourth-order valence-corrected chi connectivity index (χ4v) is 5.45. The summed E-state index contributed by atoms with van der Waals surface area (Å²) in [4.78, 5) is 20.1. The summed E-state index contributed by atoms with van der Waals surface area (Å²) >= 11 is 5.07. The van der Waals surface area contributed by atoms with Crippen LogP contribution >= 0.6 is 27.7 Å². The first-order valence-corrected chi connectivity index (χ1v) is 12.6. The van der Waals surface area contributed by atoms with Crippen LogP contribution in [-0.2, 0) is 11.4 Å². The Morgan fingerprint density at radius 3 is 2.55 bits per heavy atom. The Kier molecular flexibility index (Phi) is 7.25. The van der Waals surface area contributed by atoms with Gasteiger partial charge in [-0.25, -0.2) is 0 Å². The van der Waals surface area contributed by atoms with E-state index >= 15 is 0 Å². The van der Waals surface area contributed by atoms with Gasteiger partial charge in [0.25, 0.3) is 5.91 Å². The number of amides is 1. The maximum atomic E-state index is 13.0. The minimum Gasteiger partial charge on any atom is -0.488 e. The van der Waals surface area contributed by atoms with Gasteiger partial charge >= 0.3 is 0 Å². The number of rotatable bonds is 6. The molecular weight excluding hydrogens is 496 g/mol. The molecule has 0 radical (unpaired) electrons. The van der Waals surface area contributed by atoms with Crippen molar-refractivity contribution in [1.82, 2.24) is 4.90 Å². The second-order valence-corrected chi connectivity index (χ2v) is 10.4. The first kappa shape index (κ1) is 23.6. The zero-order valence-electron chi connectivity index (χ0n) is 19.2. The van der Waals surface area contributed by atoms with E-state index in [9.17, 15) is 4.79 Å². The van der Waals surface area contributed by atoms with E-state index in [1.54, 1.807) is 4.90 Å². The number of carbonyl (C=O) groups is 1. The van der Waals surface area contributed by atoms with Crippen LogP contribution in [-0.4, -0.2) is 28.1 Å². The van der Waals surface area contributed by atoms with Crippen LogP contribution in [0.4, 0.5) is 0 Å².